The first-order chi connectivity index (χ1) is 8.60. The number of hydrogen-bond donors (Lipinski definition) is 2. The fraction of sp³-hybridized carbons (Fsp3) is 0.182. The number of nitrogens with zero attached hydrogens (tertiary/aromatic N) is 2. The maximum Gasteiger partial charge on any atom is 0.337 e. The van der Waals surface area contributed by atoms with Crippen molar-refractivity contribution < 1.29 is 9.90 Å². The average Bonchev–Trinajstić information content (AvgIpc) is 2.79. The van der Waals surface area contributed by atoms with Crippen LogP contribution in [0.4, 0.5) is 10.8 Å². The van der Waals surface area contributed by atoms with Gasteiger partial charge in [-0.3, -0.25) is 0 Å². The molecule has 2 aromatic rings. The van der Waals surface area contributed by atoms with Crippen molar-refractivity contribution in [2.75, 3.05) is 5.32 Å². The maximum atomic E-state index is 10.9. The molecule has 2 N–H and O–H groups in total. The number of rotatable bonds is 4. The third kappa shape index (κ3) is 2.77. The Balaban J connectivity index is 2.24. The summed E-state index contributed by atoms with van der Waals surface area (Å²) < 4.78 is 4.13. The second-order valence-corrected chi connectivity index (χ2v) is 4.65. The average molecular weight is 284 g/mol. The maximum absolute atomic E-state index is 10.9. The lowest BCUT2D eigenvalue weighted by Gasteiger charge is -2.04. The summed E-state index contributed by atoms with van der Waals surface area (Å²) in [5, 5.41) is 12.8. The van der Waals surface area contributed by atoms with Gasteiger partial charge >= 0.3 is 5.97 Å². The summed E-state index contributed by atoms with van der Waals surface area (Å²) in [6.07, 6.45) is 0.763. The summed E-state index contributed by atoms with van der Waals surface area (Å²) in [5.74, 6) is -0.301. The van der Waals surface area contributed by atoms with Gasteiger partial charge in [-0.05, 0) is 18.2 Å². The molecule has 0 atom stereocenters. The van der Waals surface area contributed by atoms with Crippen LogP contribution >= 0.6 is 23.1 Å². The van der Waals surface area contributed by atoms with Crippen molar-refractivity contribution in [1.29, 1.82) is 0 Å². The molecule has 18 heavy (non-hydrogen) atoms. The van der Waals surface area contributed by atoms with Gasteiger partial charge in [-0.1, -0.05) is 18.5 Å². The summed E-state index contributed by atoms with van der Waals surface area (Å²) in [6.45, 7) is 1.97. The van der Waals surface area contributed by atoms with Gasteiger partial charge in [-0.2, -0.15) is 4.37 Å². The monoisotopic (exact) mass is 283 g/mol. The van der Waals surface area contributed by atoms with E-state index in [1.165, 1.54) is 23.7 Å². The lowest BCUT2D eigenvalue weighted by Crippen LogP contribution is -1.99. The third-order valence-corrected chi connectivity index (χ3v) is 3.23. The summed E-state index contributed by atoms with van der Waals surface area (Å²) in [6, 6.07) is 4.70. The smallest absolute Gasteiger partial charge is 0.337 e. The molecule has 0 aliphatic rings. The van der Waals surface area contributed by atoms with Crippen molar-refractivity contribution in [1.82, 2.24) is 9.36 Å². The van der Waals surface area contributed by atoms with Crippen LogP contribution in [0.3, 0.4) is 0 Å². The van der Waals surface area contributed by atoms with Crippen LogP contribution in [0, 0.1) is 0 Å². The van der Waals surface area contributed by atoms with E-state index in [0.717, 1.165) is 12.2 Å². The molecular formula is C11H10ClN3O2S. The number of aryl methyl sites for hydroxylation is 1. The Kier molecular flexibility index (Phi) is 3.78. The van der Waals surface area contributed by atoms with Gasteiger partial charge in [0, 0.05) is 23.6 Å². The Bertz CT molecular complexity index is 585. The molecule has 0 saturated carbocycles. The highest BCUT2D eigenvalue weighted by molar-refractivity contribution is 7.09. The molecule has 0 saturated heterocycles. The highest BCUT2D eigenvalue weighted by atomic mass is 35.5. The highest BCUT2D eigenvalue weighted by Crippen LogP contribution is 2.24. The second kappa shape index (κ2) is 5.32. The Morgan fingerprint density at radius 1 is 1.56 bits per heavy atom. The molecule has 0 bridgehead atoms. The lowest BCUT2D eigenvalue weighted by atomic mass is 10.2. The van der Waals surface area contributed by atoms with Crippen molar-refractivity contribution in [3.05, 3.63) is 34.6 Å². The first-order valence-corrected chi connectivity index (χ1v) is 6.37. The standard InChI is InChI=1S/C11H10ClN3O2S/c1-2-9-14-11(18-15-9)13-6-3-4-8(12)7(5-6)10(16)17/h3-5H,2H2,1H3,(H,16,17)(H,13,14,15). The van der Waals surface area contributed by atoms with E-state index in [9.17, 15) is 4.79 Å². The molecule has 0 aliphatic carbocycles. The number of carboxylic acid groups (broad SMARTS) is 1. The topological polar surface area (TPSA) is 75.1 Å². The van der Waals surface area contributed by atoms with Crippen LogP contribution < -0.4 is 5.32 Å². The van der Waals surface area contributed by atoms with Crippen LogP contribution in [0.1, 0.15) is 23.1 Å². The first-order valence-electron chi connectivity index (χ1n) is 5.22. The van der Waals surface area contributed by atoms with Crippen molar-refractivity contribution in [2.45, 2.75) is 13.3 Å². The quantitative estimate of drug-likeness (QED) is 0.901. The molecule has 0 unspecified atom stereocenters. The molecule has 0 fully saturated rings. The van der Waals surface area contributed by atoms with E-state index in [4.69, 9.17) is 16.7 Å². The number of carboxylic acids is 1. The first kappa shape index (κ1) is 12.8. The molecule has 0 radical (unpaired) electrons. The van der Waals surface area contributed by atoms with E-state index in [2.05, 4.69) is 14.7 Å². The van der Waals surface area contributed by atoms with E-state index in [1.807, 2.05) is 6.92 Å². The van der Waals surface area contributed by atoms with E-state index in [1.54, 1.807) is 6.07 Å². The minimum absolute atomic E-state index is 0.0573. The number of carbonyl (C=O) groups is 1. The predicted octanol–water partition coefficient (Wildman–Crippen LogP) is 3.20. The number of hydrogen-bond acceptors (Lipinski definition) is 5. The number of aromatic carboxylic acids is 1. The van der Waals surface area contributed by atoms with Gasteiger partial charge in [-0.25, -0.2) is 9.78 Å². The zero-order chi connectivity index (χ0) is 13.1. The summed E-state index contributed by atoms with van der Waals surface area (Å²) >= 11 is 7.02. The Labute approximate surface area is 113 Å². The normalized spacial score (nSPS) is 10.3. The number of aromatic nitrogens is 2. The van der Waals surface area contributed by atoms with Gasteiger partial charge in [-0.15, -0.1) is 0 Å². The largest absolute Gasteiger partial charge is 0.478 e. The zero-order valence-corrected chi connectivity index (χ0v) is 11.0. The molecular weight excluding hydrogens is 274 g/mol. The number of halogens is 1. The van der Waals surface area contributed by atoms with Gasteiger partial charge < -0.3 is 10.4 Å². The fourth-order valence-corrected chi connectivity index (χ4v) is 2.21. The molecule has 5 nitrogen and oxygen atoms in total. The van der Waals surface area contributed by atoms with Gasteiger partial charge in [0.25, 0.3) is 0 Å². The summed E-state index contributed by atoms with van der Waals surface area (Å²) in [5.41, 5.74) is 0.678. The molecule has 7 heteroatoms. The highest BCUT2D eigenvalue weighted by Gasteiger charge is 2.10. The number of anilines is 2. The molecule has 1 heterocycles. The molecule has 0 spiro atoms. The van der Waals surface area contributed by atoms with Crippen LogP contribution in [-0.2, 0) is 6.42 Å². The van der Waals surface area contributed by atoms with Gasteiger partial charge in [0.1, 0.15) is 5.82 Å². The molecule has 94 valence electrons. The predicted molar refractivity (Wildman–Crippen MR) is 71.0 cm³/mol. The van der Waals surface area contributed by atoms with Crippen LogP contribution in [0.15, 0.2) is 18.2 Å². The molecule has 0 aliphatic heterocycles. The summed E-state index contributed by atoms with van der Waals surface area (Å²) in [4.78, 5) is 15.2. The van der Waals surface area contributed by atoms with Gasteiger partial charge in [0.05, 0.1) is 10.6 Å². The molecule has 0 amide bonds. The minimum atomic E-state index is -1.06. The lowest BCUT2D eigenvalue weighted by molar-refractivity contribution is 0.0697. The van der Waals surface area contributed by atoms with Crippen LogP contribution in [0.5, 0.6) is 0 Å². The van der Waals surface area contributed by atoms with Gasteiger partial charge in [0.2, 0.25) is 5.13 Å². The minimum Gasteiger partial charge on any atom is -0.478 e. The third-order valence-electron chi connectivity index (χ3n) is 2.23. The molecule has 2 rings (SSSR count). The van der Waals surface area contributed by atoms with Crippen molar-refractivity contribution in [3.63, 3.8) is 0 Å². The van der Waals surface area contributed by atoms with Crippen molar-refractivity contribution in [2.24, 2.45) is 0 Å². The van der Waals surface area contributed by atoms with Crippen molar-refractivity contribution in [3.8, 4) is 0 Å². The van der Waals surface area contributed by atoms with Crippen LogP contribution in [0.25, 0.3) is 0 Å². The van der Waals surface area contributed by atoms with Crippen LogP contribution in [-0.4, -0.2) is 20.4 Å². The fourth-order valence-electron chi connectivity index (χ4n) is 1.34. The van der Waals surface area contributed by atoms with E-state index < -0.39 is 5.97 Å². The number of benzene rings is 1. The number of nitrogens with one attached hydrogen (secondary N) is 1. The van der Waals surface area contributed by atoms with E-state index in [0.29, 0.717) is 10.8 Å². The Morgan fingerprint density at radius 3 is 2.94 bits per heavy atom. The second-order valence-electron chi connectivity index (χ2n) is 3.49. The SMILES string of the molecule is CCc1nsc(Nc2ccc(Cl)c(C(=O)O)c2)n1. The van der Waals surface area contributed by atoms with Gasteiger partial charge in [0.15, 0.2) is 0 Å². The van der Waals surface area contributed by atoms with Crippen LogP contribution in [0.2, 0.25) is 5.02 Å². The Hall–Kier alpha value is -1.66. The van der Waals surface area contributed by atoms with E-state index in [-0.39, 0.29) is 10.6 Å². The van der Waals surface area contributed by atoms with E-state index >= 15 is 0 Å². The molecule has 1 aromatic heterocycles. The summed E-state index contributed by atoms with van der Waals surface area (Å²) in [7, 11) is 0. The molecule has 1 aromatic carbocycles. The Morgan fingerprint density at radius 2 is 2.33 bits per heavy atom. The zero-order valence-electron chi connectivity index (χ0n) is 9.48. The van der Waals surface area contributed by atoms with Crippen molar-refractivity contribution >= 4 is 39.9 Å².